The molecule has 0 spiro atoms. The molecule has 2 aromatic rings. The highest BCUT2D eigenvalue weighted by Gasteiger charge is 2.21. The predicted octanol–water partition coefficient (Wildman–Crippen LogP) is 3.60. The summed E-state index contributed by atoms with van der Waals surface area (Å²) in [6.45, 7) is 9.59. The van der Waals surface area contributed by atoms with Gasteiger partial charge in [-0.2, -0.15) is 0 Å². The number of hydrogen-bond acceptors (Lipinski definition) is 5. The van der Waals surface area contributed by atoms with E-state index in [1.54, 1.807) is 13.8 Å². The zero-order valence-electron chi connectivity index (χ0n) is 13.5. The van der Waals surface area contributed by atoms with Gasteiger partial charge < -0.3 is 15.6 Å². The van der Waals surface area contributed by atoms with E-state index in [4.69, 9.17) is 10.5 Å². The highest BCUT2D eigenvalue weighted by atomic mass is 19.1. The average molecular weight is 307 g/mol. The minimum atomic E-state index is -0.834. The van der Waals surface area contributed by atoms with Gasteiger partial charge >= 0.3 is 0 Å². The number of halogens is 1. The summed E-state index contributed by atoms with van der Waals surface area (Å²) < 4.78 is 19.9. The lowest BCUT2D eigenvalue weighted by atomic mass is 9.97. The van der Waals surface area contributed by atoms with E-state index >= 15 is 0 Å². The summed E-state index contributed by atoms with van der Waals surface area (Å²) in [5, 5.41) is 10.3. The molecule has 1 aromatic heterocycles. The van der Waals surface area contributed by atoms with Gasteiger partial charge in [0.1, 0.15) is 17.2 Å². The second-order valence-electron chi connectivity index (χ2n) is 6.10. The first-order chi connectivity index (χ1) is 10.2. The van der Waals surface area contributed by atoms with Crippen molar-refractivity contribution in [3.63, 3.8) is 0 Å². The van der Waals surface area contributed by atoms with E-state index in [1.807, 2.05) is 20.8 Å². The molecule has 0 bridgehead atoms. The van der Waals surface area contributed by atoms with Crippen LogP contribution in [0.25, 0.3) is 10.9 Å². The normalized spacial score (nSPS) is 13.1. The molecule has 1 aromatic carbocycles. The van der Waals surface area contributed by atoms with E-state index in [2.05, 4.69) is 9.97 Å². The summed E-state index contributed by atoms with van der Waals surface area (Å²) in [4.78, 5) is 8.53. The van der Waals surface area contributed by atoms with Gasteiger partial charge in [0.05, 0.1) is 6.10 Å². The van der Waals surface area contributed by atoms with Crippen molar-refractivity contribution >= 4 is 16.7 Å². The number of benzene rings is 1. The lowest BCUT2D eigenvalue weighted by molar-refractivity contribution is 0.229. The largest absolute Gasteiger partial charge is 0.502 e. The number of rotatable bonds is 4. The molecular formula is C16H22FN3O2. The first kappa shape index (κ1) is 16.3. The van der Waals surface area contributed by atoms with E-state index in [0.29, 0.717) is 11.2 Å². The number of anilines is 1. The molecule has 0 saturated heterocycles. The molecule has 2 rings (SSSR count). The number of aromatic hydroxyl groups is 1. The number of nitrogen functional groups attached to an aromatic ring is 1. The van der Waals surface area contributed by atoms with Crippen LogP contribution in [0.1, 0.15) is 46.4 Å². The van der Waals surface area contributed by atoms with E-state index in [1.165, 1.54) is 6.07 Å². The SMILES string of the molecule is CC(C)Oc1cc2c(N)nc(C(C)C(C)C)nc2c(F)c1O. The fourth-order valence-electron chi connectivity index (χ4n) is 2.08. The zero-order chi connectivity index (χ0) is 16.6. The van der Waals surface area contributed by atoms with Gasteiger partial charge in [-0.05, 0) is 25.8 Å². The van der Waals surface area contributed by atoms with Crippen molar-refractivity contribution in [3.05, 3.63) is 17.7 Å². The Morgan fingerprint density at radius 3 is 2.36 bits per heavy atom. The standard InChI is InChI=1S/C16H22FN3O2/c1-7(2)9(5)16-19-13-10(15(18)20-16)6-11(22-8(3)4)14(21)12(13)17/h6-9,21H,1-5H3,(H2,18,19,20). The molecule has 3 N–H and O–H groups in total. The Bertz CT molecular complexity index is 702. The molecule has 0 aliphatic heterocycles. The van der Waals surface area contributed by atoms with Crippen molar-refractivity contribution in [2.45, 2.75) is 46.6 Å². The molecule has 0 aliphatic carbocycles. The number of hydrogen-bond donors (Lipinski definition) is 2. The van der Waals surface area contributed by atoms with Gasteiger partial charge in [-0.1, -0.05) is 20.8 Å². The van der Waals surface area contributed by atoms with Crippen molar-refractivity contribution in [3.8, 4) is 11.5 Å². The monoisotopic (exact) mass is 307 g/mol. The van der Waals surface area contributed by atoms with Crippen LogP contribution in [0, 0.1) is 11.7 Å². The fraction of sp³-hybridized carbons (Fsp3) is 0.500. The van der Waals surface area contributed by atoms with E-state index < -0.39 is 11.6 Å². The van der Waals surface area contributed by atoms with Gasteiger partial charge in [0.2, 0.25) is 0 Å². The van der Waals surface area contributed by atoms with Gasteiger partial charge in [0, 0.05) is 11.3 Å². The minimum absolute atomic E-state index is 0.0172. The second kappa shape index (κ2) is 5.94. The van der Waals surface area contributed by atoms with E-state index in [-0.39, 0.29) is 35.0 Å². The van der Waals surface area contributed by atoms with Crippen molar-refractivity contribution in [2.75, 3.05) is 5.73 Å². The lowest BCUT2D eigenvalue weighted by Crippen LogP contribution is -2.11. The molecular weight excluding hydrogens is 285 g/mol. The van der Waals surface area contributed by atoms with Crippen molar-refractivity contribution in [1.29, 1.82) is 0 Å². The Morgan fingerprint density at radius 2 is 1.82 bits per heavy atom. The summed E-state index contributed by atoms with van der Waals surface area (Å²) in [5.41, 5.74) is 5.98. The van der Waals surface area contributed by atoms with E-state index in [9.17, 15) is 9.50 Å². The number of aromatic nitrogens is 2. The van der Waals surface area contributed by atoms with E-state index in [0.717, 1.165) is 0 Å². The molecule has 0 aliphatic rings. The maximum absolute atomic E-state index is 14.5. The summed E-state index contributed by atoms with van der Waals surface area (Å²) in [5.74, 6) is -0.380. The quantitative estimate of drug-likeness (QED) is 0.902. The molecule has 0 saturated carbocycles. The van der Waals surface area contributed by atoms with Gasteiger partial charge in [-0.15, -0.1) is 0 Å². The number of fused-ring (bicyclic) bond motifs is 1. The molecule has 22 heavy (non-hydrogen) atoms. The Kier molecular flexibility index (Phi) is 4.39. The van der Waals surface area contributed by atoms with Crippen LogP contribution in [0.4, 0.5) is 10.2 Å². The fourth-order valence-corrected chi connectivity index (χ4v) is 2.08. The van der Waals surface area contributed by atoms with Crippen molar-refractivity contribution in [2.24, 2.45) is 5.92 Å². The molecule has 0 radical (unpaired) electrons. The molecule has 6 heteroatoms. The molecule has 0 amide bonds. The van der Waals surface area contributed by atoms with Crippen molar-refractivity contribution < 1.29 is 14.2 Å². The Labute approximate surface area is 129 Å². The van der Waals surface area contributed by atoms with Gasteiger partial charge in [0.25, 0.3) is 0 Å². The Hall–Kier alpha value is -2.11. The molecule has 1 unspecified atom stereocenters. The van der Waals surface area contributed by atoms with Crippen LogP contribution in [0.5, 0.6) is 11.5 Å². The maximum atomic E-state index is 14.5. The second-order valence-corrected chi connectivity index (χ2v) is 6.10. The highest BCUT2D eigenvalue weighted by molar-refractivity contribution is 5.91. The number of phenols is 1. The molecule has 5 nitrogen and oxygen atoms in total. The third kappa shape index (κ3) is 2.91. The third-order valence-electron chi connectivity index (χ3n) is 3.69. The summed E-state index contributed by atoms with van der Waals surface area (Å²) in [7, 11) is 0. The lowest BCUT2D eigenvalue weighted by Gasteiger charge is -2.17. The van der Waals surface area contributed by atoms with Crippen LogP contribution in [0.2, 0.25) is 0 Å². The summed E-state index contributed by atoms with van der Waals surface area (Å²) in [6.07, 6.45) is -0.204. The Balaban J connectivity index is 2.67. The maximum Gasteiger partial charge on any atom is 0.196 e. The molecule has 1 atom stereocenters. The highest BCUT2D eigenvalue weighted by Crippen LogP contribution is 2.37. The topological polar surface area (TPSA) is 81.3 Å². The summed E-state index contributed by atoms with van der Waals surface area (Å²) in [6, 6.07) is 1.48. The van der Waals surface area contributed by atoms with Crippen LogP contribution < -0.4 is 10.5 Å². The zero-order valence-corrected chi connectivity index (χ0v) is 13.5. The summed E-state index contributed by atoms with van der Waals surface area (Å²) >= 11 is 0. The number of ether oxygens (including phenoxy) is 1. The van der Waals surface area contributed by atoms with Gasteiger partial charge in [-0.3, -0.25) is 0 Å². The third-order valence-corrected chi connectivity index (χ3v) is 3.69. The number of phenolic OH excluding ortho intramolecular Hbond substituents is 1. The van der Waals surface area contributed by atoms with Crippen LogP contribution >= 0.6 is 0 Å². The van der Waals surface area contributed by atoms with Crippen LogP contribution in [0.15, 0.2) is 6.07 Å². The molecule has 120 valence electrons. The Morgan fingerprint density at radius 1 is 1.18 bits per heavy atom. The van der Waals surface area contributed by atoms with Crippen LogP contribution in [0.3, 0.4) is 0 Å². The first-order valence-electron chi connectivity index (χ1n) is 7.37. The van der Waals surface area contributed by atoms with Crippen molar-refractivity contribution in [1.82, 2.24) is 9.97 Å². The number of nitrogens with zero attached hydrogens (tertiary/aromatic N) is 2. The predicted molar refractivity (Wildman–Crippen MR) is 84.6 cm³/mol. The van der Waals surface area contributed by atoms with Crippen LogP contribution in [-0.2, 0) is 0 Å². The first-order valence-corrected chi connectivity index (χ1v) is 7.37. The minimum Gasteiger partial charge on any atom is -0.502 e. The molecule has 0 fully saturated rings. The molecule has 1 heterocycles. The van der Waals surface area contributed by atoms with Crippen LogP contribution in [-0.4, -0.2) is 21.2 Å². The van der Waals surface area contributed by atoms with Gasteiger partial charge in [-0.25, -0.2) is 14.4 Å². The smallest absolute Gasteiger partial charge is 0.196 e. The average Bonchev–Trinajstić information content (AvgIpc) is 2.43. The number of nitrogens with two attached hydrogens (primary N) is 1. The van der Waals surface area contributed by atoms with Gasteiger partial charge in [0.15, 0.2) is 17.3 Å².